The number of carbonyl (C=O) groups excluding carboxylic acids is 2. The van der Waals surface area contributed by atoms with Crippen LogP contribution in [0.3, 0.4) is 0 Å². The Labute approximate surface area is 164 Å². The van der Waals surface area contributed by atoms with E-state index in [2.05, 4.69) is 20.5 Å². The average molecular weight is 405 g/mol. The number of aromatic amines is 1. The maximum Gasteiger partial charge on any atom is 0.220 e. The Kier molecular flexibility index (Phi) is 6.20. The summed E-state index contributed by atoms with van der Waals surface area (Å²) < 4.78 is 5.67. The lowest BCUT2D eigenvalue weighted by Gasteiger charge is -2.02. The predicted octanol–water partition coefficient (Wildman–Crippen LogP) is 3.47. The number of benzene rings is 1. The van der Waals surface area contributed by atoms with Crippen LogP contribution in [-0.2, 0) is 11.3 Å². The molecule has 2 aromatic heterocycles. The van der Waals surface area contributed by atoms with Gasteiger partial charge in [-0.15, -0.1) is 11.3 Å². The van der Waals surface area contributed by atoms with E-state index in [1.54, 1.807) is 19.2 Å². The van der Waals surface area contributed by atoms with E-state index < -0.39 is 0 Å². The minimum Gasteiger partial charge on any atom is -0.497 e. The van der Waals surface area contributed by atoms with Gasteiger partial charge in [-0.25, -0.2) is 4.98 Å². The summed E-state index contributed by atoms with van der Waals surface area (Å²) in [5, 5.41) is 9.66. The predicted molar refractivity (Wildman–Crippen MR) is 103 cm³/mol. The van der Waals surface area contributed by atoms with Crippen LogP contribution in [0.1, 0.15) is 28.3 Å². The van der Waals surface area contributed by atoms with Gasteiger partial charge in [-0.05, 0) is 36.4 Å². The van der Waals surface area contributed by atoms with E-state index in [0.29, 0.717) is 20.9 Å². The van der Waals surface area contributed by atoms with Crippen LogP contribution < -0.4 is 10.1 Å². The Morgan fingerprint density at radius 1 is 1.19 bits per heavy atom. The van der Waals surface area contributed by atoms with E-state index in [9.17, 15) is 9.59 Å². The highest BCUT2D eigenvalue weighted by atomic mass is 35.5. The minimum atomic E-state index is -0.228. The molecule has 0 aliphatic heterocycles. The van der Waals surface area contributed by atoms with Crippen molar-refractivity contribution in [3.8, 4) is 17.1 Å². The fourth-order valence-electron chi connectivity index (χ4n) is 2.33. The van der Waals surface area contributed by atoms with Gasteiger partial charge in [0.15, 0.2) is 11.6 Å². The summed E-state index contributed by atoms with van der Waals surface area (Å²) in [5.74, 6) is 1.50. The summed E-state index contributed by atoms with van der Waals surface area (Å²) in [5.41, 5.74) is 0.838. The topological polar surface area (TPSA) is 97.0 Å². The first kappa shape index (κ1) is 19.1. The molecule has 2 heterocycles. The number of Topliss-reactive ketones (excluding diaryl/α,β-unsaturated/α-hetero) is 1. The van der Waals surface area contributed by atoms with E-state index in [1.807, 2.05) is 24.3 Å². The van der Waals surface area contributed by atoms with E-state index >= 15 is 0 Å². The third-order valence-electron chi connectivity index (χ3n) is 3.76. The van der Waals surface area contributed by atoms with Gasteiger partial charge in [-0.3, -0.25) is 14.7 Å². The molecule has 0 unspecified atom stereocenters. The second kappa shape index (κ2) is 8.79. The fourth-order valence-corrected chi connectivity index (χ4v) is 3.34. The number of rotatable bonds is 8. The number of aromatic nitrogens is 3. The van der Waals surface area contributed by atoms with Crippen molar-refractivity contribution in [2.45, 2.75) is 19.4 Å². The molecule has 7 nitrogen and oxygen atoms in total. The van der Waals surface area contributed by atoms with Crippen molar-refractivity contribution in [1.82, 2.24) is 20.5 Å². The molecule has 0 bridgehead atoms. The number of ether oxygens (including phenoxy) is 1. The lowest BCUT2D eigenvalue weighted by atomic mass is 10.2. The largest absolute Gasteiger partial charge is 0.497 e. The number of carbonyl (C=O) groups is 2. The molecule has 0 saturated carbocycles. The zero-order chi connectivity index (χ0) is 19.2. The van der Waals surface area contributed by atoms with Crippen LogP contribution >= 0.6 is 22.9 Å². The lowest BCUT2D eigenvalue weighted by Crippen LogP contribution is -2.23. The van der Waals surface area contributed by atoms with Gasteiger partial charge < -0.3 is 10.1 Å². The Hall–Kier alpha value is -2.71. The quantitative estimate of drug-likeness (QED) is 0.560. The first-order chi connectivity index (χ1) is 13.0. The molecule has 0 aliphatic rings. The number of hydrogen-bond acceptors (Lipinski definition) is 6. The third-order valence-corrected chi connectivity index (χ3v) is 5.03. The smallest absolute Gasteiger partial charge is 0.220 e. The van der Waals surface area contributed by atoms with E-state index in [4.69, 9.17) is 16.3 Å². The number of nitrogens with zero attached hydrogens (tertiary/aromatic N) is 2. The molecule has 1 aromatic carbocycles. The van der Waals surface area contributed by atoms with Crippen LogP contribution in [0.15, 0.2) is 36.4 Å². The summed E-state index contributed by atoms with van der Waals surface area (Å²) >= 11 is 7.02. The molecule has 3 aromatic rings. The van der Waals surface area contributed by atoms with Crippen LogP contribution in [-0.4, -0.2) is 34.0 Å². The van der Waals surface area contributed by atoms with Crippen molar-refractivity contribution in [2.75, 3.05) is 7.11 Å². The van der Waals surface area contributed by atoms with Crippen molar-refractivity contribution in [3.63, 3.8) is 0 Å². The molecule has 0 fully saturated rings. The first-order valence-electron chi connectivity index (χ1n) is 8.16. The molecular weight excluding hydrogens is 388 g/mol. The highest BCUT2D eigenvalue weighted by Gasteiger charge is 2.12. The number of hydrogen-bond donors (Lipinski definition) is 2. The maximum atomic E-state index is 12.0. The van der Waals surface area contributed by atoms with Crippen LogP contribution in [0, 0.1) is 0 Å². The van der Waals surface area contributed by atoms with Gasteiger partial charge in [-0.1, -0.05) is 11.6 Å². The van der Waals surface area contributed by atoms with Crippen molar-refractivity contribution in [1.29, 1.82) is 0 Å². The number of amides is 1. The zero-order valence-corrected chi connectivity index (χ0v) is 16.1. The van der Waals surface area contributed by atoms with Gasteiger partial charge in [-0.2, -0.15) is 5.10 Å². The fraction of sp³-hybridized carbons (Fsp3) is 0.222. The number of ketones is 1. The second-order valence-electron chi connectivity index (χ2n) is 5.64. The van der Waals surface area contributed by atoms with Crippen molar-refractivity contribution < 1.29 is 14.3 Å². The number of methoxy groups -OCH3 is 1. The van der Waals surface area contributed by atoms with Gasteiger partial charge in [0.1, 0.15) is 11.6 Å². The van der Waals surface area contributed by atoms with E-state index in [-0.39, 0.29) is 31.1 Å². The molecule has 1 amide bonds. The molecule has 2 N–H and O–H groups in total. The molecule has 0 saturated heterocycles. The monoisotopic (exact) mass is 404 g/mol. The molecule has 9 heteroatoms. The average Bonchev–Trinajstić information content (AvgIpc) is 3.33. The highest BCUT2D eigenvalue weighted by molar-refractivity contribution is 7.18. The number of H-pyrrole nitrogens is 1. The Bertz CT molecular complexity index is 936. The number of halogens is 1. The van der Waals surface area contributed by atoms with Gasteiger partial charge in [0, 0.05) is 18.4 Å². The standard InChI is InChI=1S/C18H17ClN4O3S/c1-26-12-4-2-11(3-5-12)18-21-16(22-23-18)10-20-17(25)9-6-13(24)14-7-8-15(19)27-14/h2-5,7-8H,6,9-10H2,1H3,(H,20,25)(H,21,22,23). The Morgan fingerprint density at radius 2 is 1.96 bits per heavy atom. The molecule has 0 spiro atoms. The second-order valence-corrected chi connectivity index (χ2v) is 7.35. The third kappa shape index (κ3) is 5.15. The lowest BCUT2D eigenvalue weighted by molar-refractivity contribution is -0.121. The minimum absolute atomic E-state index is 0.0940. The Balaban J connectivity index is 1.47. The Morgan fingerprint density at radius 3 is 2.63 bits per heavy atom. The molecule has 27 heavy (non-hydrogen) atoms. The van der Waals surface area contributed by atoms with Gasteiger partial charge in [0.05, 0.1) is 22.9 Å². The summed E-state index contributed by atoms with van der Waals surface area (Å²) in [6.45, 7) is 0.209. The normalized spacial score (nSPS) is 10.6. The number of thiophene rings is 1. The SMILES string of the molecule is COc1ccc(-c2n[nH]c(CNC(=O)CCC(=O)c3ccc(Cl)s3)n2)cc1. The van der Waals surface area contributed by atoms with Crippen LogP contribution in [0.2, 0.25) is 4.34 Å². The van der Waals surface area contributed by atoms with Crippen LogP contribution in [0.25, 0.3) is 11.4 Å². The van der Waals surface area contributed by atoms with E-state index in [1.165, 1.54) is 11.3 Å². The van der Waals surface area contributed by atoms with Gasteiger partial charge in [0.2, 0.25) is 5.91 Å². The summed E-state index contributed by atoms with van der Waals surface area (Å²) in [6.07, 6.45) is 0.240. The molecule has 0 aliphatic carbocycles. The first-order valence-corrected chi connectivity index (χ1v) is 9.35. The van der Waals surface area contributed by atoms with Gasteiger partial charge >= 0.3 is 0 Å². The summed E-state index contributed by atoms with van der Waals surface area (Å²) in [4.78, 5) is 28.8. The van der Waals surface area contributed by atoms with Crippen LogP contribution in [0.5, 0.6) is 5.75 Å². The molecule has 140 valence electrons. The van der Waals surface area contributed by atoms with Crippen molar-refractivity contribution in [3.05, 3.63) is 51.4 Å². The maximum absolute atomic E-state index is 12.0. The molecule has 3 rings (SSSR count). The summed E-state index contributed by atoms with van der Waals surface area (Å²) in [7, 11) is 1.60. The van der Waals surface area contributed by atoms with E-state index in [0.717, 1.165) is 11.3 Å². The number of nitrogens with one attached hydrogen (secondary N) is 2. The van der Waals surface area contributed by atoms with Gasteiger partial charge in [0.25, 0.3) is 0 Å². The van der Waals surface area contributed by atoms with Crippen molar-refractivity contribution >= 4 is 34.6 Å². The molecule has 0 radical (unpaired) electrons. The molecular formula is C18H17ClN4O3S. The van der Waals surface area contributed by atoms with Crippen LogP contribution in [0.4, 0.5) is 0 Å². The molecule has 0 atom stereocenters. The zero-order valence-electron chi connectivity index (χ0n) is 14.5. The van der Waals surface area contributed by atoms with Crippen molar-refractivity contribution in [2.24, 2.45) is 0 Å². The summed E-state index contributed by atoms with van der Waals surface area (Å²) in [6, 6.07) is 10.7. The highest BCUT2D eigenvalue weighted by Crippen LogP contribution is 2.23.